The van der Waals surface area contributed by atoms with Crippen LogP contribution in [0.4, 0.5) is 0 Å². The van der Waals surface area contributed by atoms with Gasteiger partial charge in [0.05, 0.1) is 18.5 Å². The second-order valence-electron chi connectivity index (χ2n) is 4.87. The number of pyridine rings is 1. The first-order valence-corrected chi connectivity index (χ1v) is 7.54. The molecule has 0 saturated carbocycles. The lowest BCUT2D eigenvalue weighted by Gasteiger charge is -2.03. The highest BCUT2D eigenvalue weighted by atomic mass is 16.5. The van der Waals surface area contributed by atoms with Crippen LogP contribution in [0.15, 0.2) is 66.4 Å². The van der Waals surface area contributed by atoms with E-state index in [2.05, 4.69) is 27.4 Å². The summed E-state index contributed by atoms with van der Waals surface area (Å²) < 4.78 is 5.36. The molecule has 0 aliphatic rings. The summed E-state index contributed by atoms with van der Waals surface area (Å²) in [7, 11) is 0. The molecule has 0 spiro atoms. The van der Waals surface area contributed by atoms with Gasteiger partial charge in [-0.2, -0.15) is 5.10 Å². The van der Waals surface area contributed by atoms with Crippen molar-refractivity contribution < 1.29 is 14.3 Å². The number of aromatic nitrogens is 1. The number of rotatable bonds is 7. The van der Waals surface area contributed by atoms with E-state index in [1.807, 2.05) is 0 Å². The van der Waals surface area contributed by atoms with Gasteiger partial charge >= 0.3 is 11.8 Å². The lowest BCUT2D eigenvalue weighted by molar-refractivity contribution is -0.139. The van der Waals surface area contributed by atoms with Crippen LogP contribution in [-0.4, -0.2) is 29.6 Å². The van der Waals surface area contributed by atoms with Gasteiger partial charge in [0.2, 0.25) is 0 Å². The zero-order valence-electron chi connectivity index (χ0n) is 13.5. The molecule has 0 radical (unpaired) electrons. The molecule has 0 bridgehead atoms. The Morgan fingerprint density at radius 1 is 1.16 bits per heavy atom. The van der Waals surface area contributed by atoms with E-state index < -0.39 is 11.8 Å². The highest BCUT2D eigenvalue weighted by Gasteiger charge is 2.11. The number of ether oxygens (including phenoxy) is 1. The Morgan fingerprint density at radius 3 is 2.64 bits per heavy atom. The first kappa shape index (κ1) is 17.9. The number of nitrogens with zero attached hydrogens (tertiary/aromatic N) is 2. The second-order valence-corrected chi connectivity index (χ2v) is 4.87. The average Bonchev–Trinajstić information content (AvgIpc) is 2.66. The smallest absolute Gasteiger partial charge is 0.329 e. The van der Waals surface area contributed by atoms with Crippen molar-refractivity contribution in [1.29, 1.82) is 0 Å². The van der Waals surface area contributed by atoms with Crippen molar-refractivity contribution in [3.8, 4) is 5.75 Å². The summed E-state index contributed by atoms with van der Waals surface area (Å²) in [6.45, 7) is 4.17. The Morgan fingerprint density at radius 2 is 1.96 bits per heavy atom. The Hall–Kier alpha value is -3.48. The quantitative estimate of drug-likeness (QED) is 0.345. The SMILES string of the molecule is C=CCOc1ccc(/C=N\NC(=O)C(=O)NCc2ccccn2)cc1. The van der Waals surface area contributed by atoms with Crippen LogP contribution in [0.1, 0.15) is 11.3 Å². The van der Waals surface area contributed by atoms with Crippen LogP contribution in [0.2, 0.25) is 0 Å². The van der Waals surface area contributed by atoms with Crippen LogP contribution < -0.4 is 15.5 Å². The molecule has 0 aliphatic carbocycles. The van der Waals surface area contributed by atoms with Gasteiger partial charge in [-0.25, -0.2) is 5.43 Å². The molecule has 0 atom stereocenters. The zero-order valence-corrected chi connectivity index (χ0v) is 13.5. The van der Waals surface area contributed by atoms with E-state index in [1.54, 1.807) is 54.7 Å². The van der Waals surface area contributed by atoms with Crippen molar-refractivity contribution in [1.82, 2.24) is 15.7 Å². The van der Waals surface area contributed by atoms with Gasteiger partial charge in [-0.1, -0.05) is 18.7 Å². The fourth-order valence-electron chi connectivity index (χ4n) is 1.78. The minimum atomic E-state index is -0.849. The standard InChI is InChI=1S/C18H18N4O3/c1-2-11-25-16-8-6-14(7-9-16)12-21-22-18(24)17(23)20-13-15-5-3-4-10-19-15/h2-10,12H,1,11,13H2,(H,20,23)(H,22,24)/b21-12-. The number of carbonyl (C=O) groups excluding carboxylic acids is 2. The summed E-state index contributed by atoms with van der Waals surface area (Å²) in [6.07, 6.45) is 4.70. The molecule has 0 saturated heterocycles. The molecule has 0 unspecified atom stereocenters. The van der Waals surface area contributed by atoms with Gasteiger partial charge in [0.25, 0.3) is 0 Å². The molecule has 2 rings (SSSR count). The maximum absolute atomic E-state index is 11.7. The topological polar surface area (TPSA) is 92.7 Å². The molecule has 2 aromatic rings. The van der Waals surface area contributed by atoms with E-state index in [4.69, 9.17) is 4.74 Å². The van der Waals surface area contributed by atoms with E-state index >= 15 is 0 Å². The number of hydrazone groups is 1. The molecule has 0 fully saturated rings. The molecule has 0 aliphatic heterocycles. The monoisotopic (exact) mass is 338 g/mol. The van der Waals surface area contributed by atoms with Crippen LogP contribution in [0.3, 0.4) is 0 Å². The van der Waals surface area contributed by atoms with Crippen LogP contribution >= 0.6 is 0 Å². The predicted octanol–water partition coefficient (Wildman–Crippen LogP) is 1.41. The normalized spacial score (nSPS) is 10.2. The molecule has 25 heavy (non-hydrogen) atoms. The van der Waals surface area contributed by atoms with Crippen molar-refractivity contribution >= 4 is 18.0 Å². The predicted molar refractivity (Wildman–Crippen MR) is 94.0 cm³/mol. The summed E-state index contributed by atoms with van der Waals surface area (Å²) in [5.74, 6) is -0.927. The molecule has 1 aromatic carbocycles. The third-order valence-corrected chi connectivity index (χ3v) is 2.99. The summed E-state index contributed by atoms with van der Waals surface area (Å²) in [5, 5.41) is 6.21. The van der Waals surface area contributed by atoms with E-state index in [1.165, 1.54) is 6.21 Å². The number of benzene rings is 1. The summed E-state index contributed by atoms with van der Waals surface area (Å²) in [5.41, 5.74) is 3.58. The fraction of sp³-hybridized carbons (Fsp3) is 0.111. The second kappa shape index (κ2) is 9.61. The highest BCUT2D eigenvalue weighted by Crippen LogP contribution is 2.10. The van der Waals surface area contributed by atoms with Crippen LogP contribution in [0.25, 0.3) is 0 Å². The van der Waals surface area contributed by atoms with Gasteiger partial charge in [-0.3, -0.25) is 14.6 Å². The minimum Gasteiger partial charge on any atom is -0.490 e. The van der Waals surface area contributed by atoms with E-state index in [-0.39, 0.29) is 6.54 Å². The summed E-state index contributed by atoms with van der Waals surface area (Å²) >= 11 is 0. The lowest BCUT2D eigenvalue weighted by atomic mass is 10.2. The van der Waals surface area contributed by atoms with Gasteiger partial charge in [-0.05, 0) is 42.0 Å². The number of nitrogens with one attached hydrogen (secondary N) is 2. The fourth-order valence-corrected chi connectivity index (χ4v) is 1.78. The summed E-state index contributed by atoms with van der Waals surface area (Å²) in [4.78, 5) is 27.3. The Kier molecular flexibility index (Phi) is 6.87. The maximum atomic E-state index is 11.7. The third-order valence-electron chi connectivity index (χ3n) is 2.99. The molecule has 1 aromatic heterocycles. The summed E-state index contributed by atoms with van der Waals surface area (Å²) in [6, 6.07) is 12.4. The van der Waals surface area contributed by atoms with Crippen molar-refractivity contribution in [3.63, 3.8) is 0 Å². The van der Waals surface area contributed by atoms with Gasteiger partial charge in [-0.15, -0.1) is 0 Å². The molecule has 2 N–H and O–H groups in total. The molecule has 7 nitrogen and oxygen atoms in total. The van der Waals surface area contributed by atoms with Crippen molar-refractivity contribution in [2.45, 2.75) is 6.54 Å². The third kappa shape index (κ3) is 6.26. The molecule has 1 heterocycles. The first-order chi connectivity index (χ1) is 12.2. The Balaban J connectivity index is 1.77. The number of amides is 2. The maximum Gasteiger partial charge on any atom is 0.329 e. The van der Waals surface area contributed by atoms with Gasteiger partial charge in [0.1, 0.15) is 12.4 Å². The molecule has 128 valence electrons. The first-order valence-electron chi connectivity index (χ1n) is 7.54. The molecule has 2 amide bonds. The van der Waals surface area contributed by atoms with Crippen molar-refractivity contribution in [2.24, 2.45) is 5.10 Å². The van der Waals surface area contributed by atoms with Crippen LogP contribution in [0.5, 0.6) is 5.75 Å². The van der Waals surface area contributed by atoms with Gasteiger partial charge in [0.15, 0.2) is 0 Å². The van der Waals surface area contributed by atoms with Crippen LogP contribution in [0, 0.1) is 0 Å². The van der Waals surface area contributed by atoms with Crippen molar-refractivity contribution in [3.05, 3.63) is 72.6 Å². The number of hydrogen-bond acceptors (Lipinski definition) is 5. The van der Waals surface area contributed by atoms with Gasteiger partial charge in [0, 0.05) is 6.20 Å². The molecular formula is C18H18N4O3. The van der Waals surface area contributed by atoms with E-state index in [0.29, 0.717) is 18.1 Å². The largest absolute Gasteiger partial charge is 0.490 e. The lowest BCUT2D eigenvalue weighted by Crippen LogP contribution is -2.37. The van der Waals surface area contributed by atoms with Crippen LogP contribution in [-0.2, 0) is 16.1 Å². The van der Waals surface area contributed by atoms with E-state index in [0.717, 1.165) is 5.56 Å². The number of hydrogen-bond donors (Lipinski definition) is 2. The van der Waals surface area contributed by atoms with Crippen molar-refractivity contribution in [2.75, 3.05) is 6.61 Å². The molecular weight excluding hydrogens is 320 g/mol. The minimum absolute atomic E-state index is 0.170. The Bertz CT molecular complexity index is 743. The Labute approximate surface area is 145 Å². The van der Waals surface area contributed by atoms with Gasteiger partial charge < -0.3 is 10.1 Å². The van der Waals surface area contributed by atoms with E-state index in [9.17, 15) is 9.59 Å². The number of carbonyl (C=O) groups is 2. The highest BCUT2D eigenvalue weighted by molar-refractivity contribution is 6.35. The average molecular weight is 338 g/mol. The molecule has 7 heteroatoms. The zero-order chi connectivity index (χ0) is 17.9.